The largest absolute Gasteiger partial charge is 0.423 e. The first-order valence-corrected chi connectivity index (χ1v) is 6.34. The van der Waals surface area contributed by atoms with E-state index in [9.17, 15) is 4.79 Å². The molecule has 1 amide bonds. The van der Waals surface area contributed by atoms with Gasteiger partial charge in [-0.2, -0.15) is 5.10 Å². The Morgan fingerprint density at radius 2 is 2.00 bits per heavy atom. The van der Waals surface area contributed by atoms with Crippen LogP contribution in [0.1, 0.15) is 21.7 Å². The molecule has 106 valence electrons. The van der Waals surface area contributed by atoms with E-state index < -0.39 is 0 Å². The second-order valence-electron chi connectivity index (χ2n) is 4.58. The van der Waals surface area contributed by atoms with Crippen LogP contribution in [0.25, 0.3) is 11.5 Å². The number of nitrogens with zero attached hydrogens (tertiary/aromatic N) is 3. The fourth-order valence-corrected chi connectivity index (χ4v) is 1.98. The number of benzene rings is 1. The summed E-state index contributed by atoms with van der Waals surface area (Å²) in [6, 6.07) is 6.94. The number of carbonyl (C=O) groups is 1. The van der Waals surface area contributed by atoms with E-state index in [2.05, 4.69) is 25.7 Å². The highest BCUT2D eigenvalue weighted by Gasteiger charge is 2.12. The minimum atomic E-state index is -0.195. The van der Waals surface area contributed by atoms with Crippen molar-refractivity contribution in [1.82, 2.24) is 20.4 Å². The molecular formula is C14H13N5O2. The van der Waals surface area contributed by atoms with Gasteiger partial charge < -0.3 is 9.73 Å². The number of aromatic amines is 1. The zero-order valence-corrected chi connectivity index (χ0v) is 11.5. The van der Waals surface area contributed by atoms with Crippen LogP contribution in [0.3, 0.4) is 0 Å². The van der Waals surface area contributed by atoms with Crippen molar-refractivity contribution in [3.63, 3.8) is 0 Å². The summed E-state index contributed by atoms with van der Waals surface area (Å²) in [4.78, 5) is 12.2. The van der Waals surface area contributed by atoms with Crippen LogP contribution < -0.4 is 5.32 Å². The average molecular weight is 283 g/mol. The number of nitrogens with one attached hydrogen (secondary N) is 2. The lowest BCUT2D eigenvalue weighted by atomic mass is 10.1. The molecule has 0 aliphatic heterocycles. The number of H-pyrrole nitrogens is 1. The third-order valence-corrected chi connectivity index (χ3v) is 3.12. The SMILES string of the molecule is Cc1n[nH]c(C)c1NC(=O)c1ccc(-c2nnco2)cc1. The van der Waals surface area contributed by atoms with Crippen molar-refractivity contribution >= 4 is 11.6 Å². The van der Waals surface area contributed by atoms with Gasteiger partial charge in [0.2, 0.25) is 12.3 Å². The van der Waals surface area contributed by atoms with Crippen molar-refractivity contribution in [3.05, 3.63) is 47.6 Å². The van der Waals surface area contributed by atoms with Gasteiger partial charge in [0, 0.05) is 11.1 Å². The van der Waals surface area contributed by atoms with Crippen LogP contribution in [0.15, 0.2) is 35.1 Å². The van der Waals surface area contributed by atoms with Gasteiger partial charge in [-0.05, 0) is 38.1 Å². The molecule has 0 bridgehead atoms. The third kappa shape index (κ3) is 2.53. The molecule has 0 aliphatic carbocycles. The molecule has 0 saturated heterocycles. The maximum absolute atomic E-state index is 12.2. The highest BCUT2D eigenvalue weighted by Crippen LogP contribution is 2.19. The van der Waals surface area contributed by atoms with Gasteiger partial charge in [0.15, 0.2) is 0 Å². The number of rotatable bonds is 3. The molecule has 1 aromatic carbocycles. The van der Waals surface area contributed by atoms with Crippen LogP contribution >= 0.6 is 0 Å². The van der Waals surface area contributed by atoms with Crippen LogP contribution in [0.4, 0.5) is 5.69 Å². The molecule has 3 aromatic rings. The van der Waals surface area contributed by atoms with Gasteiger partial charge in [-0.15, -0.1) is 10.2 Å². The van der Waals surface area contributed by atoms with Gasteiger partial charge in [-0.1, -0.05) is 0 Å². The minimum Gasteiger partial charge on any atom is -0.423 e. The van der Waals surface area contributed by atoms with E-state index in [1.165, 1.54) is 6.39 Å². The lowest BCUT2D eigenvalue weighted by Gasteiger charge is -2.05. The molecule has 21 heavy (non-hydrogen) atoms. The molecule has 7 heteroatoms. The number of amides is 1. The van der Waals surface area contributed by atoms with Crippen molar-refractivity contribution < 1.29 is 9.21 Å². The number of aromatic nitrogens is 4. The van der Waals surface area contributed by atoms with E-state index in [0.717, 1.165) is 17.0 Å². The molecule has 2 heterocycles. The van der Waals surface area contributed by atoms with Crippen molar-refractivity contribution in [2.45, 2.75) is 13.8 Å². The molecule has 0 radical (unpaired) electrons. The molecule has 0 unspecified atom stereocenters. The van der Waals surface area contributed by atoms with E-state index in [-0.39, 0.29) is 5.91 Å². The van der Waals surface area contributed by atoms with Crippen molar-refractivity contribution in [2.24, 2.45) is 0 Å². The average Bonchev–Trinajstić information content (AvgIpc) is 3.13. The maximum Gasteiger partial charge on any atom is 0.255 e. The Labute approximate surface area is 120 Å². The lowest BCUT2D eigenvalue weighted by Crippen LogP contribution is -2.12. The predicted molar refractivity (Wildman–Crippen MR) is 75.7 cm³/mol. The Morgan fingerprint density at radius 3 is 2.57 bits per heavy atom. The van der Waals surface area contributed by atoms with Gasteiger partial charge in [0.05, 0.1) is 17.1 Å². The summed E-state index contributed by atoms with van der Waals surface area (Å²) in [6.45, 7) is 3.69. The fraction of sp³-hybridized carbons (Fsp3) is 0.143. The molecular weight excluding hydrogens is 270 g/mol. The maximum atomic E-state index is 12.2. The molecule has 0 fully saturated rings. The van der Waals surface area contributed by atoms with Crippen LogP contribution in [-0.2, 0) is 0 Å². The Hall–Kier alpha value is -2.96. The van der Waals surface area contributed by atoms with Gasteiger partial charge in [0.25, 0.3) is 5.91 Å². The van der Waals surface area contributed by atoms with E-state index in [0.29, 0.717) is 17.1 Å². The van der Waals surface area contributed by atoms with Gasteiger partial charge >= 0.3 is 0 Å². The van der Waals surface area contributed by atoms with E-state index in [1.54, 1.807) is 24.3 Å². The first-order chi connectivity index (χ1) is 10.1. The second kappa shape index (κ2) is 5.20. The zero-order valence-electron chi connectivity index (χ0n) is 11.5. The number of hydrogen-bond donors (Lipinski definition) is 2. The number of hydrogen-bond acceptors (Lipinski definition) is 5. The van der Waals surface area contributed by atoms with Crippen molar-refractivity contribution in [1.29, 1.82) is 0 Å². The molecule has 7 nitrogen and oxygen atoms in total. The molecule has 0 atom stereocenters. The molecule has 0 spiro atoms. The highest BCUT2D eigenvalue weighted by atomic mass is 16.4. The predicted octanol–water partition coefficient (Wildman–Crippen LogP) is 2.33. The van der Waals surface area contributed by atoms with Crippen LogP contribution in [0.5, 0.6) is 0 Å². The van der Waals surface area contributed by atoms with Gasteiger partial charge in [-0.25, -0.2) is 0 Å². The quantitative estimate of drug-likeness (QED) is 0.769. The second-order valence-corrected chi connectivity index (χ2v) is 4.58. The molecule has 2 aromatic heterocycles. The number of anilines is 1. The van der Waals surface area contributed by atoms with E-state index >= 15 is 0 Å². The molecule has 3 rings (SSSR count). The normalized spacial score (nSPS) is 10.6. The third-order valence-electron chi connectivity index (χ3n) is 3.12. The summed E-state index contributed by atoms with van der Waals surface area (Å²) in [6.07, 6.45) is 1.26. The monoisotopic (exact) mass is 283 g/mol. The Morgan fingerprint density at radius 1 is 1.24 bits per heavy atom. The minimum absolute atomic E-state index is 0.195. The standard InChI is InChI=1S/C14H13N5O2/c1-8-12(9(2)18-17-8)16-13(20)10-3-5-11(6-4-10)14-19-15-7-21-14/h3-7H,1-2H3,(H,16,20)(H,17,18). The summed E-state index contributed by atoms with van der Waals surface area (Å²) >= 11 is 0. The van der Waals surface area contributed by atoms with Crippen molar-refractivity contribution in [3.8, 4) is 11.5 Å². The van der Waals surface area contributed by atoms with Crippen LogP contribution in [0.2, 0.25) is 0 Å². The topological polar surface area (TPSA) is 96.7 Å². The molecule has 0 saturated carbocycles. The molecule has 0 aliphatic rings. The molecule has 2 N–H and O–H groups in total. The Bertz CT molecular complexity index is 740. The zero-order chi connectivity index (χ0) is 14.8. The van der Waals surface area contributed by atoms with E-state index in [4.69, 9.17) is 4.42 Å². The van der Waals surface area contributed by atoms with Crippen molar-refractivity contribution in [2.75, 3.05) is 5.32 Å². The lowest BCUT2D eigenvalue weighted by molar-refractivity contribution is 0.102. The Balaban J connectivity index is 1.79. The Kier molecular flexibility index (Phi) is 3.23. The van der Waals surface area contributed by atoms with Gasteiger partial charge in [-0.3, -0.25) is 9.89 Å². The number of aryl methyl sites for hydroxylation is 2. The van der Waals surface area contributed by atoms with Crippen LogP contribution in [0, 0.1) is 13.8 Å². The first-order valence-electron chi connectivity index (χ1n) is 6.34. The smallest absolute Gasteiger partial charge is 0.255 e. The fourth-order valence-electron chi connectivity index (χ4n) is 1.98. The summed E-state index contributed by atoms with van der Waals surface area (Å²) in [5.74, 6) is 0.225. The summed E-state index contributed by atoms with van der Waals surface area (Å²) < 4.78 is 5.10. The van der Waals surface area contributed by atoms with E-state index in [1.807, 2.05) is 13.8 Å². The van der Waals surface area contributed by atoms with Gasteiger partial charge in [0.1, 0.15) is 0 Å². The first kappa shape index (κ1) is 13.0. The summed E-state index contributed by atoms with van der Waals surface area (Å²) in [7, 11) is 0. The summed E-state index contributed by atoms with van der Waals surface area (Å²) in [5.41, 5.74) is 3.59. The highest BCUT2D eigenvalue weighted by molar-refractivity contribution is 6.05. The van der Waals surface area contributed by atoms with Crippen LogP contribution in [-0.4, -0.2) is 26.3 Å². The summed E-state index contributed by atoms with van der Waals surface area (Å²) in [5, 5.41) is 17.2. The number of carbonyl (C=O) groups excluding carboxylic acids is 1.